The van der Waals surface area contributed by atoms with E-state index in [1.54, 1.807) is 25.1 Å². The molecule has 0 aliphatic carbocycles. The van der Waals surface area contributed by atoms with Gasteiger partial charge in [-0.3, -0.25) is 4.90 Å². The maximum atomic E-state index is 12.3. The Kier molecular flexibility index (Phi) is 8.82. The molecule has 0 amide bonds. The number of nitrogens with zero attached hydrogens (tertiary/aromatic N) is 1. The van der Waals surface area contributed by atoms with Gasteiger partial charge in [-0.25, -0.2) is 0 Å². The Morgan fingerprint density at radius 3 is 2.64 bits per heavy atom. The van der Waals surface area contributed by atoms with E-state index in [1.165, 1.54) is 6.42 Å². The fourth-order valence-electron chi connectivity index (χ4n) is 2.89. The number of alkyl halides is 3. The van der Waals surface area contributed by atoms with Crippen molar-refractivity contribution in [1.82, 2.24) is 10.2 Å². The van der Waals surface area contributed by atoms with Gasteiger partial charge in [0.25, 0.3) is 0 Å². The zero-order valence-corrected chi connectivity index (χ0v) is 15.4. The van der Waals surface area contributed by atoms with Crippen molar-refractivity contribution in [3.63, 3.8) is 0 Å². The van der Waals surface area contributed by atoms with Gasteiger partial charge in [-0.2, -0.15) is 13.2 Å². The quantitative estimate of drug-likeness (QED) is 0.780. The monoisotopic (exact) mass is 382 g/mol. The Labute approximate surface area is 153 Å². The number of rotatable bonds is 7. The molecule has 0 bridgehead atoms. The molecule has 1 aromatic carbocycles. The predicted octanol–water partition coefficient (Wildman–Crippen LogP) is 3.63. The molecule has 2 rings (SSSR count). The van der Waals surface area contributed by atoms with Crippen LogP contribution in [0, 0.1) is 0 Å². The molecule has 1 aliphatic rings. The molecule has 4 nitrogen and oxygen atoms in total. The van der Waals surface area contributed by atoms with Gasteiger partial charge in [-0.15, -0.1) is 12.4 Å². The third-order valence-corrected chi connectivity index (χ3v) is 4.02. The summed E-state index contributed by atoms with van der Waals surface area (Å²) in [4.78, 5) is 2.34. The lowest BCUT2D eigenvalue weighted by molar-refractivity contribution is -0.153. The first kappa shape index (κ1) is 21.9. The SMILES string of the molecule is CCOc1cc(CN2CCCC(NC)C2)ccc1OCC(F)(F)F.Cl. The highest BCUT2D eigenvalue weighted by molar-refractivity contribution is 5.85. The second-order valence-electron chi connectivity index (χ2n) is 5.98. The average molecular weight is 383 g/mol. The Hall–Kier alpha value is -1.18. The van der Waals surface area contributed by atoms with E-state index >= 15 is 0 Å². The molecule has 1 aromatic rings. The van der Waals surface area contributed by atoms with Crippen LogP contribution in [0.4, 0.5) is 13.2 Å². The van der Waals surface area contributed by atoms with E-state index < -0.39 is 12.8 Å². The predicted molar refractivity (Wildman–Crippen MR) is 93.8 cm³/mol. The highest BCUT2D eigenvalue weighted by Crippen LogP contribution is 2.31. The van der Waals surface area contributed by atoms with Crippen LogP contribution in [0.1, 0.15) is 25.3 Å². The molecule has 1 fully saturated rings. The molecule has 0 spiro atoms. The second-order valence-corrected chi connectivity index (χ2v) is 5.98. The van der Waals surface area contributed by atoms with Crippen LogP contribution in [0.2, 0.25) is 0 Å². The Morgan fingerprint density at radius 2 is 2.00 bits per heavy atom. The molecule has 0 radical (unpaired) electrons. The van der Waals surface area contributed by atoms with E-state index in [1.807, 2.05) is 7.05 Å². The first-order valence-corrected chi connectivity index (χ1v) is 8.26. The summed E-state index contributed by atoms with van der Waals surface area (Å²) in [5.74, 6) is 0.492. The lowest BCUT2D eigenvalue weighted by Gasteiger charge is -2.32. The average Bonchev–Trinajstić information content (AvgIpc) is 2.54. The third-order valence-electron chi connectivity index (χ3n) is 4.02. The van der Waals surface area contributed by atoms with Gasteiger partial charge in [0.2, 0.25) is 0 Å². The molecule has 1 aliphatic heterocycles. The minimum absolute atomic E-state index is 0. The van der Waals surface area contributed by atoms with E-state index in [0.29, 0.717) is 18.4 Å². The number of benzene rings is 1. The number of piperidine rings is 1. The molecule has 1 atom stereocenters. The number of nitrogens with one attached hydrogen (secondary N) is 1. The van der Waals surface area contributed by atoms with Crippen LogP contribution < -0.4 is 14.8 Å². The van der Waals surface area contributed by atoms with Crippen molar-refractivity contribution < 1.29 is 22.6 Å². The maximum absolute atomic E-state index is 12.3. The van der Waals surface area contributed by atoms with Crippen molar-refractivity contribution in [2.45, 2.75) is 38.5 Å². The summed E-state index contributed by atoms with van der Waals surface area (Å²) in [5, 5.41) is 3.30. The fourth-order valence-corrected chi connectivity index (χ4v) is 2.89. The maximum Gasteiger partial charge on any atom is 0.422 e. The van der Waals surface area contributed by atoms with Crippen molar-refractivity contribution >= 4 is 12.4 Å². The van der Waals surface area contributed by atoms with Gasteiger partial charge in [0, 0.05) is 19.1 Å². The van der Waals surface area contributed by atoms with Crippen molar-refractivity contribution in [1.29, 1.82) is 0 Å². The summed E-state index contributed by atoms with van der Waals surface area (Å²) >= 11 is 0. The molecule has 1 heterocycles. The van der Waals surface area contributed by atoms with E-state index in [-0.39, 0.29) is 18.2 Å². The smallest absolute Gasteiger partial charge is 0.422 e. The molecule has 0 aromatic heterocycles. The molecule has 144 valence electrons. The summed E-state index contributed by atoms with van der Waals surface area (Å²) in [5.41, 5.74) is 1.01. The van der Waals surface area contributed by atoms with Gasteiger partial charge < -0.3 is 14.8 Å². The van der Waals surface area contributed by atoms with Gasteiger partial charge in [-0.05, 0) is 51.1 Å². The minimum Gasteiger partial charge on any atom is -0.490 e. The standard InChI is InChI=1S/C17H25F3N2O2.ClH/c1-3-23-16-9-13(6-7-15(16)24-12-17(18,19)20)10-22-8-4-5-14(11-22)21-2;/h6-7,9,14,21H,3-5,8,10-12H2,1-2H3;1H. The second kappa shape index (κ2) is 10.1. The molecule has 1 unspecified atom stereocenters. The summed E-state index contributed by atoms with van der Waals surface area (Å²) in [7, 11) is 1.97. The zero-order valence-electron chi connectivity index (χ0n) is 14.6. The van der Waals surface area contributed by atoms with Crippen LogP contribution in [-0.2, 0) is 6.54 Å². The van der Waals surface area contributed by atoms with E-state index in [9.17, 15) is 13.2 Å². The highest BCUT2D eigenvalue weighted by atomic mass is 35.5. The summed E-state index contributed by atoms with van der Waals surface area (Å²) in [6.45, 7) is 3.58. The summed E-state index contributed by atoms with van der Waals surface area (Å²) < 4.78 is 47.3. The Balaban J connectivity index is 0.00000312. The van der Waals surface area contributed by atoms with Crippen LogP contribution in [0.5, 0.6) is 11.5 Å². The van der Waals surface area contributed by atoms with Gasteiger partial charge in [0.05, 0.1) is 6.61 Å². The van der Waals surface area contributed by atoms with E-state index in [2.05, 4.69) is 10.2 Å². The van der Waals surface area contributed by atoms with Crippen molar-refractivity contribution in [2.75, 3.05) is 33.4 Å². The molecular weight excluding hydrogens is 357 g/mol. The highest BCUT2D eigenvalue weighted by Gasteiger charge is 2.29. The number of likely N-dealkylation sites (N-methyl/N-ethyl adjacent to an activating group) is 1. The van der Waals surface area contributed by atoms with Crippen molar-refractivity contribution in [2.24, 2.45) is 0 Å². The number of halogens is 4. The topological polar surface area (TPSA) is 33.7 Å². The molecule has 8 heteroatoms. The van der Waals surface area contributed by atoms with Gasteiger partial charge in [0.1, 0.15) is 0 Å². The van der Waals surface area contributed by atoms with Crippen LogP contribution in [-0.4, -0.2) is 50.5 Å². The summed E-state index contributed by atoms with van der Waals surface area (Å²) in [6, 6.07) is 5.63. The molecule has 25 heavy (non-hydrogen) atoms. The number of hydrogen-bond acceptors (Lipinski definition) is 4. The van der Waals surface area contributed by atoms with Gasteiger partial charge in [-0.1, -0.05) is 6.07 Å². The van der Waals surface area contributed by atoms with E-state index in [4.69, 9.17) is 9.47 Å². The summed E-state index contributed by atoms with van der Waals surface area (Å²) in [6.07, 6.45) is -2.06. The Bertz CT molecular complexity index is 529. The van der Waals surface area contributed by atoms with Crippen molar-refractivity contribution in [3.8, 4) is 11.5 Å². The van der Waals surface area contributed by atoms with Crippen molar-refractivity contribution in [3.05, 3.63) is 23.8 Å². The molecular formula is C17H26ClF3N2O2. The molecule has 1 saturated heterocycles. The molecule has 1 N–H and O–H groups in total. The largest absolute Gasteiger partial charge is 0.490 e. The van der Waals surface area contributed by atoms with Crippen LogP contribution in [0.15, 0.2) is 18.2 Å². The number of hydrogen-bond donors (Lipinski definition) is 1. The van der Waals surface area contributed by atoms with Gasteiger partial charge >= 0.3 is 6.18 Å². The van der Waals surface area contributed by atoms with Crippen LogP contribution >= 0.6 is 12.4 Å². The number of likely N-dealkylation sites (tertiary alicyclic amines) is 1. The first-order valence-electron chi connectivity index (χ1n) is 8.26. The lowest BCUT2D eigenvalue weighted by Crippen LogP contribution is -2.43. The lowest BCUT2D eigenvalue weighted by atomic mass is 10.0. The zero-order chi connectivity index (χ0) is 17.6. The molecule has 0 saturated carbocycles. The first-order chi connectivity index (χ1) is 11.4. The normalized spacial score (nSPS) is 18.5. The minimum atomic E-state index is -4.36. The Morgan fingerprint density at radius 1 is 1.24 bits per heavy atom. The number of ether oxygens (including phenoxy) is 2. The third kappa shape index (κ3) is 7.30. The van der Waals surface area contributed by atoms with E-state index in [0.717, 1.165) is 31.6 Å². The fraction of sp³-hybridized carbons (Fsp3) is 0.647. The van der Waals surface area contributed by atoms with Crippen LogP contribution in [0.3, 0.4) is 0 Å². The van der Waals surface area contributed by atoms with Crippen LogP contribution in [0.25, 0.3) is 0 Å². The van der Waals surface area contributed by atoms with Gasteiger partial charge in [0.15, 0.2) is 18.1 Å².